The Morgan fingerprint density at radius 2 is 1.81 bits per heavy atom. The Bertz CT molecular complexity index is 715. The maximum Gasteiger partial charge on any atom is 0.277 e. The van der Waals surface area contributed by atoms with E-state index in [0.29, 0.717) is 5.56 Å². The van der Waals surface area contributed by atoms with E-state index >= 15 is 0 Å². The molecule has 0 N–H and O–H groups in total. The van der Waals surface area contributed by atoms with Gasteiger partial charge in [0.2, 0.25) is 0 Å². The smallest absolute Gasteiger partial charge is 0.258 e. The fourth-order valence-corrected chi connectivity index (χ4v) is 2.13. The molecular weight excluding hydrogens is 262 g/mol. The van der Waals surface area contributed by atoms with Crippen LogP contribution in [0.2, 0.25) is 0 Å². The molecule has 0 fully saturated rings. The number of benzene rings is 2. The summed E-state index contributed by atoms with van der Waals surface area (Å²) in [5, 5.41) is 11.2. The summed E-state index contributed by atoms with van der Waals surface area (Å²) in [6.45, 7) is 7.43. The van der Waals surface area contributed by atoms with Gasteiger partial charge in [0.15, 0.2) is 0 Å². The molecule has 0 aliphatic rings. The molecule has 0 bridgehead atoms. The third-order valence-corrected chi connectivity index (χ3v) is 3.13. The first-order valence-electron chi connectivity index (χ1n) is 6.46. The fraction of sp³-hybridized carbons (Fsp3) is 0. The van der Waals surface area contributed by atoms with Gasteiger partial charge >= 0.3 is 0 Å². The van der Waals surface area contributed by atoms with Crippen molar-refractivity contribution in [1.29, 1.82) is 0 Å². The van der Waals surface area contributed by atoms with Gasteiger partial charge < -0.3 is 0 Å². The van der Waals surface area contributed by atoms with E-state index in [-0.39, 0.29) is 10.6 Å². The van der Waals surface area contributed by atoms with Gasteiger partial charge in [0, 0.05) is 6.07 Å². The SMILES string of the molecule is C=C/C=C(\C=C)c1ccc([N+](=O)[O-])c(-c2ccccc2)c1. The number of rotatable bonds is 5. The van der Waals surface area contributed by atoms with Crippen molar-refractivity contribution in [2.75, 3.05) is 0 Å². The van der Waals surface area contributed by atoms with Crippen LogP contribution in [0.1, 0.15) is 5.56 Å². The molecule has 3 nitrogen and oxygen atoms in total. The summed E-state index contributed by atoms with van der Waals surface area (Å²) in [5.41, 5.74) is 3.24. The van der Waals surface area contributed by atoms with E-state index in [2.05, 4.69) is 13.2 Å². The summed E-state index contributed by atoms with van der Waals surface area (Å²) in [7, 11) is 0. The van der Waals surface area contributed by atoms with Crippen molar-refractivity contribution in [2.45, 2.75) is 0 Å². The van der Waals surface area contributed by atoms with Crippen LogP contribution < -0.4 is 0 Å². The zero-order valence-corrected chi connectivity index (χ0v) is 11.5. The molecule has 104 valence electrons. The Hall–Kier alpha value is -2.94. The lowest BCUT2D eigenvalue weighted by atomic mass is 9.97. The van der Waals surface area contributed by atoms with E-state index in [1.807, 2.05) is 42.5 Å². The third-order valence-electron chi connectivity index (χ3n) is 3.13. The molecule has 2 rings (SSSR count). The lowest BCUT2D eigenvalue weighted by Gasteiger charge is -2.07. The highest BCUT2D eigenvalue weighted by Gasteiger charge is 2.16. The van der Waals surface area contributed by atoms with Crippen LogP contribution in [0, 0.1) is 10.1 Å². The molecule has 2 aromatic rings. The molecule has 0 aliphatic carbocycles. The van der Waals surface area contributed by atoms with Gasteiger partial charge in [0.1, 0.15) is 0 Å². The maximum atomic E-state index is 11.2. The summed E-state index contributed by atoms with van der Waals surface area (Å²) in [4.78, 5) is 10.9. The summed E-state index contributed by atoms with van der Waals surface area (Å²) in [6.07, 6.45) is 5.20. The molecular formula is C18H15NO2. The van der Waals surface area contributed by atoms with Gasteiger partial charge in [-0.2, -0.15) is 0 Å². The summed E-state index contributed by atoms with van der Waals surface area (Å²) in [5.74, 6) is 0. The van der Waals surface area contributed by atoms with E-state index < -0.39 is 0 Å². The van der Waals surface area contributed by atoms with E-state index in [1.54, 1.807) is 18.2 Å². The Morgan fingerprint density at radius 3 is 2.38 bits per heavy atom. The number of nitro groups is 1. The normalized spacial score (nSPS) is 11.0. The van der Waals surface area contributed by atoms with Crippen LogP contribution in [0.5, 0.6) is 0 Å². The molecule has 0 aromatic heterocycles. The molecule has 0 saturated heterocycles. The second-order valence-electron chi connectivity index (χ2n) is 4.42. The first-order valence-corrected chi connectivity index (χ1v) is 6.46. The fourth-order valence-electron chi connectivity index (χ4n) is 2.13. The van der Waals surface area contributed by atoms with E-state index in [4.69, 9.17) is 0 Å². The Balaban J connectivity index is 2.65. The van der Waals surface area contributed by atoms with Crippen molar-refractivity contribution in [3.8, 4) is 11.1 Å². The van der Waals surface area contributed by atoms with Crippen molar-refractivity contribution in [3.63, 3.8) is 0 Å². The monoisotopic (exact) mass is 277 g/mol. The highest BCUT2D eigenvalue weighted by atomic mass is 16.6. The number of hydrogen-bond acceptors (Lipinski definition) is 2. The van der Waals surface area contributed by atoms with E-state index in [0.717, 1.165) is 16.7 Å². The van der Waals surface area contributed by atoms with Gasteiger partial charge in [-0.1, -0.05) is 61.7 Å². The molecule has 0 heterocycles. The largest absolute Gasteiger partial charge is 0.277 e. The zero-order chi connectivity index (χ0) is 15.2. The molecule has 0 saturated carbocycles. The average Bonchev–Trinajstić information content (AvgIpc) is 2.52. The molecule has 0 aliphatic heterocycles. The molecule has 21 heavy (non-hydrogen) atoms. The highest BCUT2D eigenvalue weighted by Crippen LogP contribution is 2.32. The zero-order valence-electron chi connectivity index (χ0n) is 11.5. The quantitative estimate of drug-likeness (QED) is 0.437. The minimum Gasteiger partial charge on any atom is -0.258 e. The minimum absolute atomic E-state index is 0.0898. The number of nitrogens with zero attached hydrogens (tertiary/aromatic N) is 1. The first kappa shape index (κ1) is 14.5. The number of allylic oxidation sites excluding steroid dienone is 4. The number of nitro benzene ring substituents is 1. The molecule has 2 aromatic carbocycles. The summed E-state index contributed by atoms with van der Waals surface area (Å²) < 4.78 is 0. The van der Waals surface area contributed by atoms with Gasteiger partial charge in [0.05, 0.1) is 10.5 Å². The van der Waals surface area contributed by atoms with Crippen LogP contribution in [0.25, 0.3) is 16.7 Å². The second-order valence-corrected chi connectivity index (χ2v) is 4.42. The maximum absolute atomic E-state index is 11.2. The van der Waals surface area contributed by atoms with E-state index in [1.165, 1.54) is 6.07 Å². The molecule has 0 amide bonds. The second kappa shape index (κ2) is 6.48. The van der Waals surface area contributed by atoms with Crippen molar-refractivity contribution in [1.82, 2.24) is 0 Å². The van der Waals surface area contributed by atoms with Crippen LogP contribution in [-0.2, 0) is 0 Å². The predicted molar refractivity (Wildman–Crippen MR) is 86.9 cm³/mol. The van der Waals surface area contributed by atoms with Crippen molar-refractivity contribution < 1.29 is 4.92 Å². The highest BCUT2D eigenvalue weighted by molar-refractivity contribution is 5.82. The van der Waals surface area contributed by atoms with Crippen molar-refractivity contribution >= 4 is 11.3 Å². The molecule has 0 radical (unpaired) electrons. The van der Waals surface area contributed by atoms with Gasteiger partial charge in [0.25, 0.3) is 5.69 Å². The molecule has 3 heteroatoms. The van der Waals surface area contributed by atoms with Gasteiger partial charge in [-0.15, -0.1) is 0 Å². The lowest BCUT2D eigenvalue weighted by Crippen LogP contribution is -1.93. The summed E-state index contributed by atoms with van der Waals surface area (Å²) in [6, 6.07) is 14.4. The Labute approximate surface area is 123 Å². The van der Waals surface area contributed by atoms with Crippen molar-refractivity contribution in [3.05, 3.63) is 95.6 Å². The predicted octanol–water partition coefficient (Wildman–Crippen LogP) is 5.02. The van der Waals surface area contributed by atoms with Gasteiger partial charge in [-0.05, 0) is 28.8 Å². The molecule has 0 atom stereocenters. The molecule has 0 unspecified atom stereocenters. The van der Waals surface area contributed by atoms with Crippen LogP contribution in [-0.4, -0.2) is 4.92 Å². The first-order chi connectivity index (χ1) is 10.2. The van der Waals surface area contributed by atoms with Crippen LogP contribution in [0.4, 0.5) is 5.69 Å². The minimum atomic E-state index is -0.364. The third kappa shape index (κ3) is 3.15. The van der Waals surface area contributed by atoms with Crippen molar-refractivity contribution in [2.24, 2.45) is 0 Å². The van der Waals surface area contributed by atoms with Crippen LogP contribution in [0.15, 0.2) is 79.9 Å². The molecule has 0 spiro atoms. The number of hydrogen-bond donors (Lipinski definition) is 0. The topological polar surface area (TPSA) is 43.1 Å². The summed E-state index contributed by atoms with van der Waals surface area (Å²) >= 11 is 0. The van der Waals surface area contributed by atoms with Gasteiger partial charge in [-0.3, -0.25) is 10.1 Å². The average molecular weight is 277 g/mol. The van der Waals surface area contributed by atoms with E-state index in [9.17, 15) is 10.1 Å². The Morgan fingerprint density at radius 1 is 1.10 bits per heavy atom. The Kier molecular flexibility index (Phi) is 4.46. The van der Waals surface area contributed by atoms with Crippen LogP contribution >= 0.6 is 0 Å². The van der Waals surface area contributed by atoms with Gasteiger partial charge in [-0.25, -0.2) is 0 Å². The standard InChI is InChI=1S/C18H15NO2/c1-3-8-14(4-2)16-11-12-18(19(20)21)17(13-16)15-9-6-5-7-10-15/h3-13H,1-2H2/b14-8+. The van der Waals surface area contributed by atoms with Crippen LogP contribution in [0.3, 0.4) is 0 Å². The lowest BCUT2D eigenvalue weighted by molar-refractivity contribution is -0.384.